The summed E-state index contributed by atoms with van der Waals surface area (Å²) >= 11 is 0. The Balaban J connectivity index is 1.78. The molecule has 0 radical (unpaired) electrons. The lowest BCUT2D eigenvalue weighted by atomic mass is 9.89. The van der Waals surface area contributed by atoms with E-state index in [4.69, 9.17) is 5.73 Å². The zero-order chi connectivity index (χ0) is 30.3. The number of hydrogen-bond donors (Lipinski definition) is 1. The third-order valence-corrected chi connectivity index (χ3v) is 15.7. The second kappa shape index (κ2) is 11.3. The van der Waals surface area contributed by atoms with Crippen molar-refractivity contribution in [2.24, 2.45) is 0 Å². The summed E-state index contributed by atoms with van der Waals surface area (Å²) in [7, 11) is -1.97. The molecular formula is C41H39NSi. The van der Waals surface area contributed by atoms with Gasteiger partial charge in [0.2, 0.25) is 0 Å². The molecule has 2 N–H and O–H groups in total. The van der Waals surface area contributed by atoms with E-state index in [-0.39, 0.29) is 0 Å². The van der Waals surface area contributed by atoms with E-state index >= 15 is 0 Å². The van der Waals surface area contributed by atoms with E-state index in [2.05, 4.69) is 138 Å². The van der Waals surface area contributed by atoms with Crippen LogP contribution in [0.4, 0.5) is 5.69 Å². The summed E-state index contributed by atoms with van der Waals surface area (Å²) in [6.07, 6.45) is 0. The van der Waals surface area contributed by atoms with E-state index < -0.39 is 8.07 Å². The first-order chi connectivity index (χ1) is 20.7. The highest BCUT2D eigenvalue weighted by Gasteiger charge is 2.41. The Morgan fingerprint density at radius 1 is 0.488 bits per heavy atom. The van der Waals surface area contributed by atoms with E-state index in [0.29, 0.717) is 16.6 Å². The fourth-order valence-electron chi connectivity index (χ4n) is 7.17. The molecule has 0 fully saturated rings. The fourth-order valence-corrected chi connectivity index (χ4v) is 12.4. The average molecular weight is 574 g/mol. The third kappa shape index (κ3) is 5.07. The Morgan fingerprint density at radius 2 is 0.860 bits per heavy atom. The first-order valence-corrected chi connectivity index (χ1v) is 17.6. The summed E-state index contributed by atoms with van der Waals surface area (Å²) in [5.41, 5.74) is 15.5. The molecule has 43 heavy (non-hydrogen) atoms. The van der Waals surface area contributed by atoms with Gasteiger partial charge in [0.1, 0.15) is 8.07 Å². The lowest BCUT2D eigenvalue weighted by Crippen LogP contribution is -2.43. The number of rotatable bonds is 3. The molecule has 0 amide bonds. The van der Waals surface area contributed by atoms with Crippen molar-refractivity contribution in [1.82, 2.24) is 0 Å². The van der Waals surface area contributed by atoms with Gasteiger partial charge in [0, 0.05) is 22.4 Å². The lowest BCUT2D eigenvalue weighted by Gasteiger charge is -2.38. The minimum atomic E-state index is -1.97. The van der Waals surface area contributed by atoms with Crippen LogP contribution >= 0.6 is 0 Å². The molecule has 0 bridgehead atoms. The SMILES string of the molecule is CC(C)[Si](C#Cc1c2cc3ccccc3cc2c(C#Cc2ccc(N)cc2)c2cc3ccccc3cc12)(C(C)C)C(C)C. The molecule has 0 spiro atoms. The van der Waals surface area contributed by atoms with Gasteiger partial charge in [-0.2, -0.15) is 0 Å². The molecule has 0 unspecified atom stereocenters. The second-order valence-corrected chi connectivity index (χ2v) is 18.3. The molecule has 0 aliphatic carbocycles. The predicted molar refractivity (Wildman–Crippen MR) is 191 cm³/mol. The molecule has 0 aliphatic rings. The Bertz CT molecular complexity index is 2010. The van der Waals surface area contributed by atoms with Crippen LogP contribution in [0.2, 0.25) is 16.6 Å². The number of nitrogens with two attached hydrogens (primary N) is 1. The van der Waals surface area contributed by atoms with E-state index in [0.717, 1.165) is 33.2 Å². The highest BCUT2D eigenvalue weighted by molar-refractivity contribution is 6.90. The van der Waals surface area contributed by atoms with Crippen LogP contribution in [0.3, 0.4) is 0 Å². The van der Waals surface area contributed by atoms with Crippen molar-refractivity contribution in [2.45, 2.75) is 58.2 Å². The zero-order valence-electron chi connectivity index (χ0n) is 26.0. The van der Waals surface area contributed by atoms with Gasteiger partial charge in [0.25, 0.3) is 0 Å². The van der Waals surface area contributed by atoms with Crippen LogP contribution in [-0.4, -0.2) is 8.07 Å². The molecule has 212 valence electrons. The predicted octanol–water partition coefficient (Wildman–Crippen LogP) is 10.9. The van der Waals surface area contributed by atoms with E-state index in [1.54, 1.807) is 0 Å². The van der Waals surface area contributed by atoms with Crippen LogP contribution in [0.5, 0.6) is 0 Å². The number of nitrogen functional groups attached to an aromatic ring is 1. The molecule has 0 saturated carbocycles. The Labute approximate surface area is 257 Å². The summed E-state index contributed by atoms with van der Waals surface area (Å²) in [6, 6.07) is 34.3. The summed E-state index contributed by atoms with van der Waals surface area (Å²) < 4.78 is 0. The second-order valence-electron chi connectivity index (χ2n) is 12.8. The topological polar surface area (TPSA) is 26.0 Å². The first kappa shape index (κ1) is 28.6. The quantitative estimate of drug-likeness (QED) is 0.0969. The fraction of sp³-hybridized carbons (Fsp3) is 0.220. The molecule has 6 rings (SSSR count). The minimum absolute atomic E-state index is 0.559. The summed E-state index contributed by atoms with van der Waals surface area (Å²) in [4.78, 5) is 0. The Kier molecular flexibility index (Phi) is 7.52. The van der Waals surface area contributed by atoms with Crippen molar-refractivity contribution in [1.29, 1.82) is 0 Å². The number of fused-ring (bicyclic) bond motifs is 4. The molecule has 0 aromatic heterocycles. The van der Waals surface area contributed by atoms with Gasteiger partial charge < -0.3 is 5.73 Å². The molecule has 0 saturated heterocycles. The van der Waals surface area contributed by atoms with Gasteiger partial charge in [-0.3, -0.25) is 0 Å². The first-order valence-electron chi connectivity index (χ1n) is 15.4. The van der Waals surface area contributed by atoms with Gasteiger partial charge in [-0.05, 0) is 108 Å². The third-order valence-electron chi connectivity index (χ3n) is 9.36. The van der Waals surface area contributed by atoms with Crippen molar-refractivity contribution in [2.75, 3.05) is 5.73 Å². The van der Waals surface area contributed by atoms with Crippen molar-refractivity contribution in [3.63, 3.8) is 0 Å². The minimum Gasteiger partial charge on any atom is -0.399 e. The van der Waals surface area contributed by atoms with Crippen molar-refractivity contribution >= 4 is 56.9 Å². The summed E-state index contributed by atoms with van der Waals surface area (Å²) in [5.74, 6) is 11.0. The van der Waals surface area contributed by atoms with Gasteiger partial charge >= 0.3 is 0 Å². The Hall–Kier alpha value is -4.50. The van der Waals surface area contributed by atoms with Gasteiger partial charge in [-0.25, -0.2) is 0 Å². The molecular weight excluding hydrogens is 535 g/mol. The highest BCUT2D eigenvalue weighted by Crippen LogP contribution is 2.42. The maximum Gasteiger partial charge on any atom is 0.146 e. The van der Waals surface area contributed by atoms with Gasteiger partial charge in [0.05, 0.1) is 0 Å². The smallest absolute Gasteiger partial charge is 0.146 e. The van der Waals surface area contributed by atoms with Gasteiger partial charge in [-0.15, -0.1) is 5.54 Å². The standard InChI is InChI=1S/C41H39NSi/c1-27(2)43(28(3)4,29(5)6)22-21-37-40-25-33-13-9-7-11-31(33)23-38(40)36(20-17-30-15-18-35(42)19-16-30)39-24-32-12-8-10-14-34(32)26-41(37)39/h7-16,18-19,23-29H,42H2,1-6H3. The molecule has 1 nitrogen and oxygen atoms in total. The molecule has 0 aliphatic heterocycles. The Morgan fingerprint density at radius 3 is 1.23 bits per heavy atom. The molecule has 0 heterocycles. The van der Waals surface area contributed by atoms with Crippen LogP contribution in [0, 0.1) is 23.3 Å². The zero-order valence-corrected chi connectivity index (χ0v) is 27.0. The lowest BCUT2D eigenvalue weighted by molar-refractivity contribution is 0.838. The molecule has 0 atom stereocenters. The summed E-state index contributed by atoms with van der Waals surface area (Å²) in [6.45, 7) is 14.3. The largest absolute Gasteiger partial charge is 0.399 e. The summed E-state index contributed by atoms with van der Waals surface area (Å²) in [5, 5.41) is 9.51. The van der Waals surface area contributed by atoms with E-state index in [1.165, 1.54) is 32.3 Å². The van der Waals surface area contributed by atoms with E-state index in [1.807, 2.05) is 24.3 Å². The van der Waals surface area contributed by atoms with Gasteiger partial charge in [0.15, 0.2) is 0 Å². The molecule has 2 heteroatoms. The number of hydrogen-bond acceptors (Lipinski definition) is 1. The maximum atomic E-state index is 5.96. The highest BCUT2D eigenvalue weighted by atomic mass is 28.3. The van der Waals surface area contributed by atoms with Crippen LogP contribution < -0.4 is 5.73 Å². The molecule has 6 aromatic carbocycles. The maximum absolute atomic E-state index is 5.96. The van der Waals surface area contributed by atoms with Crippen LogP contribution in [0.15, 0.2) is 97.1 Å². The molecule has 6 aromatic rings. The average Bonchev–Trinajstić information content (AvgIpc) is 2.99. The number of anilines is 1. The number of benzene rings is 6. The van der Waals surface area contributed by atoms with Crippen LogP contribution in [0.1, 0.15) is 58.2 Å². The van der Waals surface area contributed by atoms with Crippen LogP contribution in [-0.2, 0) is 0 Å². The van der Waals surface area contributed by atoms with Crippen molar-refractivity contribution in [3.8, 4) is 23.3 Å². The van der Waals surface area contributed by atoms with Crippen LogP contribution in [0.25, 0.3) is 43.1 Å². The normalized spacial score (nSPS) is 11.8. The monoisotopic (exact) mass is 573 g/mol. The van der Waals surface area contributed by atoms with Gasteiger partial charge in [-0.1, -0.05) is 108 Å². The van der Waals surface area contributed by atoms with E-state index in [9.17, 15) is 0 Å². The van der Waals surface area contributed by atoms with Crippen molar-refractivity contribution in [3.05, 3.63) is 114 Å². The van der Waals surface area contributed by atoms with Crippen molar-refractivity contribution < 1.29 is 0 Å².